The van der Waals surface area contributed by atoms with E-state index < -0.39 is 30.2 Å². The van der Waals surface area contributed by atoms with Crippen LogP contribution in [0.4, 0.5) is 0 Å². The summed E-state index contributed by atoms with van der Waals surface area (Å²) in [5.74, 6) is -2.87. The number of carbonyl (C=O) groups is 4. The van der Waals surface area contributed by atoms with Crippen molar-refractivity contribution >= 4 is 23.7 Å². The van der Waals surface area contributed by atoms with Crippen molar-refractivity contribution in [2.45, 2.75) is 20.3 Å². The highest BCUT2D eigenvalue weighted by Gasteiger charge is 2.33. The van der Waals surface area contributed by atoms with Gasteiger partial charge in [0.15, 0.2) is 0 Å². The lowest BCUT2D eigenvalue weighted by Gasteiger charge is -2.33. The van der Waals surface area contributed by atoms with Crippen LogP contribution < -0.4 is 0 Å². The number of hydrogen-bond acceptors (Lipinski definition) is 4. The topological polar surface area (TPSA) is 98.2 Å². The predicted molar refractivity (Wildman–Crippen MR) is 73.3 cm³/mol. The summed E-state index contributed by atoms with van der Waals surface area (Å²) in [5.41, 5.74) is 0. The van der Waals surface area contributed by atoms with Crippen molar-refractivity contribution in [2.24, 2.45) is 0 Å². The second kappa shape index (κ2) is 7.61. The lowest BCUT2D eigenvalue weighted by atomic mass is 10.2. The minimum Gasteiger partial charge on any atom is -0.480 e. The number of carbonyl (C=O) groups excluding carboxylic acids is 3. The zero-order valence-corrected chi connectivity index (χ0v) is 12.4. The van der Waals surface area contributed by atoms with Crippen LogP contribution in [0.15, 0.2) is 0 Å². The molecule has 1 aliphatic heterocycles. The van der Waals surface area contributed by atoms with E-state index in [0.29, 0.717) is 26.1 Å². The standard InChI is InChI=1S/C13H21N3O5/c1-3-5-15(9-11(18)19)10(17)8-16-7-6-14(4-2)12(20)13(16)21/h3-9H2,1-2H3,(H,18,19). The summed E-state index contributed by atoms with van der Waals surface area (Å²) >= 11 is 0. The second-order valence-corrected chi connectivity index (χ2v) is 4.82. The van der Waals surface area contributed by atoms with Gasteiger partial charge in [-0.2, -0.15) is 0 Å². The van der Waals surface area contributed by atoms with E-state index in [0.717, 1.165) is 0 Å². The van der Waals surface area contributed by atoms with Gasteiger partial charge in [0, 0.05) is 26.2 Å². The van der Waals surface area contributed by atoms with Gasteiger partial charge in [-0.3, -0.25) is 19.2 Å². The number of amides is 3. The summed E-state index contributed by atoms with van der Waals surface area (Å²) in [6.07, 6.45) is 0.621. The molecule has 21 heavy (non-hydrogen) atoms. The Labute approximate surface area is 123 Å². The fraction of sp³-hybridized carbons (Fsp3) is 0.692. The van der Waals surface area contributed by atoms with Gasteiger partial charge in [-0.05, 0) is 13.3 Å². The lowest BCUT2D eigenvalue weighted by Crippen LogP contribution is -2.56. The molecule has 0 spiro atoms. The van der Waals surface area contributed by atoms with Crippen LogP contribution in [0.25, 0.3) is 0 Å². The summed E-state index contributed by atoms with van der Waals surface area (Å²) in [7, 11) is 0. The molecule has 0 bridgehead atoms. The third-order valence-electron chi connectivity index (χ3n) is 3.28. The number of hydrogen-bond donors (Lipinski definition) is 1. The van der Waals surface area contributed by atoms with Crippen LogP contribution in [0.1, 0.15) is 20.3 Å². The minimum atomic E-state index is -1.10. The summed E-state index contributed by atoms with van der Waals surface area (Å²) < 4.78 is 0. The summed E-state index contributed by atoms with van der Waals surface area (Å²) in [6.45, 7) is 4.39. The van der Waals surface area contributed by atoms with E-state index in [1.54, 1.807) is 6.92 Å². The van der Waals surface area contributed by atoms with Gasteiger partial charge >= 0.3 is 17.8 Å². The van der Waals surface area contributed by atoms with E-state index in [4.69, 9.17) is 5.11 Å². The van der Waals surface area contributed by atoms with E-state index in [1.165, 1.54) is 14.7 Å². The Kier molecular flexibility index (Phi) is 6.13. The van der Waals surface area contributed by atoms with Crippen LogP contribution >= 0.6 is 0 Å². The zero-order valence-electron chi connectivity index (χ0n) is 12.4. The Morgan fingerprint density at radius 3 is 2.24 bits per heavy atom. The molecule has 0 radical (unpaired) electrons. The first kappa shape index (κ1) is 16.9. The van der Waals surface area contributed by atoms with Gasteiger partial charge in [0.2, 0.25) is 5.91 Å². The molecule has 118 valence electrons. The highest BCUT2D eigenvalue weighted by molar-refractivity contribution is 6.35. The molecule has 8 heteroatoms. The molecule has 1 heterocycles. The van der Waals surface area contributed by atoms with Gasteiger partial charge in [-0.25, -0.2) is 0 Å². The Morgan fingerprint density at radius 1 is 1.14 bits per heavy atom. The maximum atomic E-state index is 12.1. The molecule has 0 unspecified atom stereocenters. The maximum Gasteiger partial charge on any atom is 0.323 e. The largest absolute Gasteiger partial charge is 0.480 e. The second-order valence-electron chi connectivity index (χ2n) is 4.82. The lowest BCUT2D eigenvalue weighted by molar-refractivity contribution is -0.158. The Hall–Kier alpha value is -2.12. The van der Waals surface area contributed by atoms with E-state index >= 15 is 0 Å². The number of rotatable bonds is 7. The number of aliphatic carboxylic acids is 1. The maximum absolute atomic E-state index is 12.1. The molecule has 3 amide bonds. The molecule has 1 saturated heterocycles. The van der Waals surface area contributed by atoms with Crippen LogP contribution in [0.5, 0.6) is 0 Å². The van der Waals surface area contributed by atoms with Gasteiger partial charge in [0.25, 0.3) is 0 Å². The van der Waals surface area contributed by atoms with Crippen molar-refractivity contribution < 1.29 is 24.3 Å². The average Bonchev–Trinajstić information content (AvgIpc) is 2.43. The van der Waals surface area contributed by atoms with Crippen molar-refractivity contribution in [3.8, 4) is 0 Å². The molecule has 1 N–H and O–H groups in total. The molecule has 1 rings (SSSR count). The molecule has 0 aromatic rings. The first-order valence-corrected chi connectivity index (χ1v) is 6.98. The van der Waals surface area contributed by atoms with Gasteiger partial charge in [-0.15, -0.1) is 0 Å². The van der Waals surface area contributed by atoms with Gasteiger partial charge in [0.05, 0.1) is 0 Å². The third kappa shape index (κ3) is 4.44. The van der Waals surface area contributed by atoms with Crippen molar-refractivity contribution in [3.63, 3.8) is 0 Å². The summed E-state index contributed by atoms with van der Waals surface area (Å²) in [4.78, 5) is 50.2. The molecule has 0 aliphatic carbocycles. The van der Waals surface area contributed by atoms with Gasteiger partial charge < -0.3 is 19.8 Å². The predicted octanol–water partition coefficient (Wildman–Crippen LogP) is -1.000. The molecular formula is C13H21N3O5. The van der Waals surface area contributed by atoms with Gasteiger partial charge in [0.1, 0.15) is 13.1 Å². The van der Waals surface area contributed by atoms with Crippen LogP contribution in [0.2, 0.25) is 0 Å². The minimum absolute atomic E-state index is 0.255. The highest BCUT2D eigenvalue weighted by atomic mass is 16.4. The molecule has 0 aromatic carbocycles. The summed E-state index contributed by atoms with van der Waals surface area (Å²) in [5, 5.41) is 8.79. The molecule has 0 aromatic heterocycles. The first-order chi connectivity index (χ1) is 9.90. The molecule has 8 nitrogen and oxygen atoms in total. The zero-order chi connectivity index (χ0) is 16.0. The van der Waals surface area contributed by atoms with Crippen molar-refractivity contribution in [3.05, 3.63) is 0 Å². The number of likely N-dealkylation sites (N-methyl/N-ethyl adjacent to an activating group) is 1. The monoisotopic (exact) mass is 299 g/mol. The smallest absolute Gasteiger partial charge is 0.323 e. The van der Waals surface area contributed by atoms with Crippen molar-refractivity contribution in [1.82, 2.24) is 14.7 Å². The molecule has 1 aliphatic rings. The average molecular weight is 299 g/mol. The van der Waals surface area contributed by atoms with Crippen LogP contribution in [0.3, 0.4) is 0 Å². The van der Waals surface area contributed by atoms with Crippen molar-refractivity contribution in [1.29, 1.82) is 0 Å². The quantitative estimate of drug-likeness (QED) is 0.608. The molecule has 0 atom stereocenters. The third-order valence-corrected chi connectivity index (χ3v) is 3.28. The number of piperazine rings is 1. The first-order valence-electron chi connectivity index (χ1n) is 6.98. The molecule has 1 fully saturated rings. The molecular weight excluding hydrogens is 278 g/mol. The Balaban J connectivity index is 2.66. The molecule has 0 saturated carbocycles. The highest BCUT2D eigenvalue weighted by Crippen LogP contribution is 2.06. The van der Waals surface area contributed by atoms with E-state index in [-0.39, 0.29) is 13.1 Å². The fourth-order valence-electron chi connectivity index (χ4n) is 2.16. The number of nitrogens with zero attached hydrogens (tertiary/aromatic N) is 3. The Morgan fingerprint density at radius 2 is 1.71 bits per heavy atom. The van der Waals surface area contributed by atoms with E-state index in [2.05, 4.69) is 0 Å². The van der Waals surface area contributed by atoms with Gasteiger partial charge in [-0.1, -0.05) is 6.92 Å². The van der Waals surface area contributed by atoms with E-state index in [1.807, 2.05) is 6.92 Å². The summed E-state index contributed by atoms with van der Waals surface area (Å²) in [6, 6.07) is 0. The number of carboxylic acids is 1. The van der Waals surface area contributed by atoms with Crippen molar-refractivity contribution in [2.75, 3.05) is 39.3 Å². The fourth-order valence-corrected chi connectivity index (χ4v) is 2.16. The SMILES string of the molecule is CCCN(CC(=O)O)C(=O)CN1CCN(CC)C(=O)C1=O. The Bertz CT molecular complexity index is 438. The van der Waals surface area contributed by atoms with E-state index in [9.17, 15) is 19.2 Å². The van der Waals surface area contributed by atoms with Crippen LogP contribution in [-0.4, -0.2) is 82.8 Å². The number of carboxylic acid groups (broad SMARTS) is 1. The van der Waals surface area contributed by atoms with Crippen LogP contribution in [-0.2, 0) is 19.2 Å². The normalized spacial score (nSPS) is 15.3. The van der Waals surface area contributed by atoms with Crippen LogP contribution in [0, 0.1) is 0 Å².